The molecule has 1 unspecified atom stereocenters. The molecule has 0 amide bonds. The predicted octanol–water partition coefficient (Wildman–Crippen LogP) is -0.0225. The molecule has 0 heterocycles. The first-order valence-corrected chi connectivity index (χ1v) is 5.69. The summed E-state index contributed by atoms with van der Waals surface area (Å²) in [5, 5.41) is 8.50. The van der Waals surface area contributed by atoms with Gasteiger partial charge in [0, 0.05) is 0 Å². The molecule has 0 bridgehead atoms. The molecule has 0 rings (SSSR count). The summed E-state index contributed by atoms with van der Waals surface area (Å²) in [5.41, 5.74) is 5.48. The topological polar surface area (TPSA) is 80.4 Å². The molecule has 5 heteroatoms. The molecule has 0 radical (unpaired) electrons. The van der Waals surface area contributed by atoms with E-state index in [0.717, 1.165) is 12.2 Å². The highest BCUT2D eigenvalue weighted by Gasteiger charge is 2.10. The Hall–Kier alpha value is -0.390. The van der Waals surface area contributed by atoms with E-state index in [9.17, 15) is 9.59 Å². The van der Waals surface area contributed by atoms with Crippen LogP contribution in [0, 0.1) is 0 Å². The second-order valence-corrected chi connectivity index (χ2v) is 4.23. The Morgan fingerprint density at radius 1 is 1.50 bits per heavy atom. The molecule has 4 nitrogen and oxygen atoms in total. The summed E-state index contributed by atoms with van der Waals surface area (Å²) in [6, 6.07) is -0.557. The predicted molar refractivity (Wildman–Crippen MR) is 57.3 cm³/mol. The maximum absolute atomic E-state index is 10.8. The molecule has 0 fully saturated rings. The van der Waals surface area contributed by atoms with Crippen LogP contribution in [0.1, 0.15) is 19.8 Å². The van der Waals surface area contributed by atoms with Gasteiger partial charge in [0.05, 0.1) is 11.8 Å². The molecular weight excluding hydrogens is 202 g/mol. The van der Waals surface area contributed by atoms with Crippen LogP contribution in [0.2, 0.25) is 0 Å². The molecule has 0 aliphatic rings. The van der Waals surface area contributed by atoms with Crippen molar-refractivity contribution in [2.75, 3.05) is 18.1 Å². The van der Waals surface area contributed by atoms with E-state index in [1.54, 1.807) is 18.7 Å². The molecule has 0 aliphatic heterocycles. The summed E-state index contributed by atoms with van der Waals surface area (Å²) in [4.78, 5) is 21.4. The number of nitrogens with two attached hydrogens (primary N) is 1. The Bertz CT molecular complexity index is 196. The minimum absolute atomic E-state index is 0.158. The number of hydrogen-bond acceptors (Lipinski definition) is 5. The second-order valence-electron chi connectivity index (χ2n) is 3.13. The van der Waals surface area contributed by atoms with Gasteiger partial charge in [-0.3, -0.25) is 9.59 Å². The van der Waals surface area contributed by atoms with Crippen LogP contribution in [0.3, 0.4) is 0 Å². The number of aliphatic hydroxyl groups is 1. The Balaban J connectivity index is 3.36. The van der Waals surface area contributed by atoms with Gasteiger partial charge < -0.3 is 10.8 Å². The summed E-state index contributed by atoms with van der Waals surface area (Å²) in [6.45, 7) is 1.07. The van der Waals surface area contributed by atoms with E-state index in [-0.39, 0.29) is 11.6 Å². The number of Topliss-reactive ketones (excluding diaryl/α,β-unsaturated/α-hetero) is 2. The van der Waals surface area contributed by atoms with Gasteiger partial charge in [-0.2, -0.15) is 11.8 Å². The van der Waals surface area contributed by atoms with Crippen LogP contribution in [0.25, 0.3) is 0 Å². The van der Waals surface area contributed by atoms with E-state index < -0.39 is 12.6 Å². The molecule has 0 aromatic carbocycles. The van der Waals surface area contributed by atoms with Gasteiger partial charge in [-0.1, -0.05) is 0 Å². The molecule has 0 saturated carbocycles. The lowest BCUT2D eigenvalue weighted by Crippen LogP contribution is -2.32. The van der Waals surface area contributed by atoms with Crippen molar-refractivity contribution in [3.8, 4) is 0 Å². The molecule has 82 valence electrons. The number of thioether (sulfide) groups is 1. The van der Waals surface area contributed by atoms with Crippen molar-refractivity contribution in [2.24, 2.45) is 5.73 Å². The van der Waals surface area contributed by atoms with Crippen molar-refractivity contribution < 1.29 is 14.7 Å². The highest BCUT2D eigenvalue weighted by Crippen LogP contribution is 2.06. The summed E-state index contributed by atoms with van der Waals surface area (Å²) in [6.07, 6.45) is 1.37. The zero-order valence-corrected chi connectivity index (χ0v) is 9.18. The molecule has 0 aromatic rings. The van der Waals surface area contributed by atoms with Gasteiger partial charge in [-0.25, -0.2) is 0 Å². The highest BCUT2D eigenvalue weighted by atomic mass is 32.2. The van der Waals surface area contributed by atoms with Gasteiger partial charge in [0.2, 0.25) is 0 Å². The van der Waals surface area contributed by atoms with Crippen LogP contribution in [0.5, 0.6) is 0 Å². The minimum atomic E-state index is -0.557. The number of carbonyl (C=O) groups excluding carboxylic acids is 2. The molecule has 0 aromatic heterocycles. The van der Waals surface area contributed by atoms with Gasteiger partial charge in [-0.05, 0) is 25.5 Å². The molecule has 0 spiro atoms. The molecule has 0 saturated heterocycles. The summed E-state index contributed by atoms with van der Waals surface area (Å²) in [5.74, 6) is 1.18. The fourth-order valence-corrected chi connectivity index (χ4v) is 1.70. The molecule has 3 N–H and O–H groups in total. The number of carbonyl (C=O) groups is 2. The third kappa shape index (κ3) is 7.06. The number of aliphatic hydroxyl groups excluding tert-OH is 1. The zero-order valence-electron chi connectivity index (χ0n) is 8.36. The average Bonchev–Trinajstić information content (AvgIpc) is 2.15. The Morgan fingerprint density at radius 2 is 2.14 bits per heavy atom. The van der Waals surface area contributed by atoms with Crippen molar-refractivity contribution in [3.05, 3.63) is 0 Å². The minimum Gasteiger partial charge on any atom is -0.389 e. The van der Waals surface area contributed by atoms with E-state index in [1.165, 1.54) is 0 Å². The van der Waals surface area contributed by atoms with Crippen molar-refractivity contribution in [3.63, 3.8) is 0 Å². The van der Waals surface area contributed by atoms with Gasteiger partial charge >= 0.3 is 0 Å². The average molecular weight is 219 g/mol. The van der Waals surface area contributed by atoms with E-state index in [1.807, 2.05) is 0 Å². The molecule has 1 atom stereocenters. The normalized spacial score (nSPS) is 12.5. The smallest absolute Gasteiger partial charge is 0.174 e. The third-order valence-corrected chi connectivity index (χ3v) is 2.87. The van der Waals surface area contributed by atoms with E-state index in [2.05, 4.69) is 0 Å². The Kier molecular flexibility index (Phi) is 7.74. The van der Waals surface area contributed by atoms with Crippen LogP contribution < -0.4 is 5.73 Å². The molecular formula is C9H17NO3S. The summed E-state index contributed by atoms with van der Waals surface area (Å²) >= 11 is 1.54. The van der Waals surface area contributed by atoms with E-state index >= 15 is 0 Å². The van der Waals surface area contributed by atoms with E-state index in [0.29, 0.717) is 12.2 Å². The van der Waals surface area contributed by atoms with Crippen LogP contribution in [0.4, 0.5) is 0 Å². The lowest BCUT2D eigenvalue weighted by atomic mass is 10.1. The van der Waals surface area contributed by atoms with Gasteiger partial charge in [0.15, 0.2) is 5.78 Å². The standard InChI is InChI=1S/C9H17NO3S/c1-7(12)6-14-4-2-3-8(10)9(13)5-11/h8,11H,2-6,10H2,1H3. The molecule has 0 aliphatic carbocycles. The van der Waals surface area contributed by atoms with Crippen LogP contribution in [-0.2, 0) is 9.59 Å². The number of ketones is 2. The summed E-state index contributed by atoms with van der Waals surface area (Å²) in [7, 11) is 0. The fourth-order valence-electron chi connectivity index (χ4n) is 0.899. The highest BCUT2D eigenvalue weighted by molar-refractivity contribution is 7.99. The van der Waals surface area contributed by atoms with Crippen LogP contribution >= 0.6 is 11.8 Å². The first-order valence-electron chi connectivity index (χ1n) is 4.54. The van der Waals surface area contributed by atoms with Gasteiger partial charge in [-0.15, -0.1) is 0 Å². The zero-order chi connectivity index (χ0) is 11.0. The SMILES string of the molecule is CC(=O)CSCCCC(N)C(=O)CO. The lowest BCUT2D eigenvalue weighted by molar-refractivity contribution is -0.123. The van der Waals surface area contributed by atoms with Crippen LogP contribution in [-0.4, -0.2) is 40.8 Å². The summed E-state index contributed by atoms with van der Waals surface area (Å²) < 4.78 is 0. The van der Waals surface area contributed by atoms with Gasteiger partial charge in [0.1, 0.15) is 12.4 Å². The van der Waals surface area contributed by atoms with Gasteiger partial charge in [0.25, 0.3) is 0 Å². The maximum Gasteiger partial charge on any atom is 0.174 e. The second kappa shape index (κ2) is 7.96. The first kappa shape index (κ1) is 13.6. The van der Waals surface area contributed by atoms with Crippen LogP contribution in [0.15, 0.2) is 0 Å². The fraction of sp³-hybridized carbons (Fsp3) is 0.778. The Labute approximate surface area is 88.2 Å². The first-order chi connectivity index (χ1) is 6.57. The third-order valence-electron chi connectivity index (χ3n) is 1.68. The van der Waals surface area contributed by atoms with Crippen molar-refractivity contribution in [1.29, 1.82) is 0 Å². The Morgan fingerprint density at radius 3 is 2.64 bits per heavy atom. The number of hydrogen-bond donors (Lipinski definition) is 2. The number of rotatable bonds is 8. The largest absolute Gasteiger partial charge is 0.389 e. The maximum atomic E-state index is 10.8. The lowest BCUT2D eigenvalue weighted by Gasteiger charge is -2.07. The van der Waals surface area contributed by atoms with Crippen molar-refractivity contribution >= 4 is 23.3 Å². The van der Waals surface area contributed by atoms with Crippen molar-refractivity contribution in [1.82, 2.24) is 0 Å². The molecule has 14 heavy (non-hydrogen) atoms. The van der Waals surface area contributed by atoms with E-state index in [4.69, 9.17) is 10.8 Å². The monoisotopic (exact) mass is 219 g/mol. The quantitative estimate of drug-likeness (QED) is 0.561. The van der Waals surface area contributed by atoms with Crippen molar-refractivity contribution in [2.45, 2.75) is 25.8 Å².